The van der Waals surface area contributed by atoms with Crippen LogP contribution in [0.1, 0.15) is 40.9 Å². The molecule has 0 aliphatic rings. The molecule has 0 fully saturated rings. The number of fused-ring (bicyclic) bond motifs is 1. The van der Waals surface area contributed by atoms with Crippen LogP contribution in [0.15, 0.2) is 47.4 Å². The van der Waals surface area contributed by atoms with Gasteiger partial charge in [0.15, 0.2) is 0 Å². The van der Waals surface area contributed by atoms with Crippen LogP contribution in [0.25, 0.3) is 10.9 Å². The van der Waals surface area contributed by atoms with Crippen molar-refractivity contribution in [3.8, 4) is 6.07 Å². The summed E-state index contributed by atoms with van der Waals surface area (Å²) >= 11 is 0. The van der Waals surface area contributed by atoms with Crippen molar-refractivity contribution in [2.45, 2.75) is 27.3 Å². The topological polar surface area (TPSA) is 98.4 Å². The Morgan fingerprint density at radius 3 is 2.35 bits per heavy atom. The van der Waals surface area contributed by atoms with E-state index in [1.54, 1.807) is 24.5 Å². The molecule has 0 saturated carbocycles. The molecule has 3 rings (SSSR count). The first kappa shape index (κ1) is 27.1. The third-order valence-electron chi connectivity index (χ3n) is 5.00. The van der Waals surface area contributed by atoms with E-state index in [1.807, 2.05) is 31.2 Å². The molecular formula is C25H22FN2NaO5. The molecule has 0 aliphatic heterocycles. The van der Waals surface area contributed by atoms with Gasteiger partial charge in [-0.15, -0.1) is 11.6 Å². The maximum absolute atomic E-state index is 15.0. The number of rotatable bonds is 7. The van der Waals surface area contributed by atoms with Crippen LogP contribution in [0.4, 0.5) is 4.39 Å². The fraction of sp³-hybridized carbons (Fsp3) is 0.240. The smallest absolute Gasteiger partial charge is 0.471 e. The summed E-state index contributed by atoms with van der Waals surface area (Å²) in [6.45, 7) is 5.46. The van der Waals surface area contributed by atoms with E-state index in [1.165, 1.54) is 12.3 Å². The fourth-order valence-corrected chi connectivity index (χ4v) is 3.40. The minimum atomic E-state index is -0.964. The summed E-state index contributed by atoms with van der Waals surface area (Å²) in [5.74, 6) is -3.25. The van der Waals surface area contributed by atoms with Crippen LogP contribution >= 0.6 is 0 Å². The number of ether oxygens (including phenoxy) is 2. The number of aryl methyl sites for hydroxylation is 1. The van der Waals surface area contributed by atoms with Crippen LogP contribution in [-0.4, -0.2) is 29.7 Å². The number of hydrogen-bond acceptors (Lipinski definition) is 6. The van der Waals surface area contributed by atoms with Crippen molar-refractivity contribution in [3.05, 3.63) is 86.8 Å². The second-order valence-electron chi connectivity index (χ2n) is 7.26. The molecule has 0 unspecified atom stereocenters. The number of nitriles is 1. The van der Waals surface area contributed by atoms with Crippen molar-refractivity contribution in [2.75, 3.05) is 13.2 Å². The molecule has 1 heterocycles. The number of nitrogens with zero attached hydrogens (tertiary/aromatic N) is 2. The van der Waals surface area contributed by atoms with Crippen molar-refractivity contribution in [1.82, 2.24) is 4.57 Å². The van der Waals surface area contributed by atoms with Crippen molar-refractivity contribution in [1.29, 1.82) is 5.26 Å². The van der Waals surface area contributed by atoms with E-state index in [9.17, 15) is 24.0 Å². The molecule has 0 radical (unpaired) electrons. The van der Waals surface area contributed by atoms with Crippen molar-refractivity contribution in [3.63, 3.8) is 0 Å². The molecule has 3 aromatic rings. The van der Waals surface area contributed by atoms with Crippen LogP contribution in [-0.2, 0) is 20.8 Å². The summed E-state index contributed by atoms with van der Waals surface area (Å²) in [5.41, 5.74) is 0.942. The van der Waals surface area contributed by atoms with E-state index in [0.29, 0.717) is 0 Å². The number of benzene rings is 2. The number of pyridine rings is 1. The molecule has 1 aromatic heterocycles. The third kappa shape index (κ3) is 5.68. The molecule has 0 N–H and O–H groups in total. The largest absolute Gasteiger partial charge is 1.00 e. The van der Waals surface area contributed by atoms with E-state index in [2.05, 4.69) is 0 Å². The number of carbonyl (C=O) groups excluding carboxylic acids is 2. The van der Waals surface area contributed by atoms with Gasteiger partial charge in [0.1, 0.15) is 5.56 Å². The van der Waals surface area contributed by atoms with Gasteiger partial charge in [-0.25, -0.2) is 10.1 Å². The molecule has 0 saturated heterocycles. The first-order valence-corrected chi connectivity index (χ1v) is 10.3. The number of hydrogen-bond donors (Lipinski definition) is 0. The van der Waals surface area contributed by atoms with Crippen LogP contribution in [0.3, 0.4) is 0 Å². The van der Waals surface area contributed by atoms with Crippen molar-refractivity contribution >= 4 is 22.8 Å². The van der Waals surface area contributed by atoms with Gasteiger partial charge in [-0.05, 0) is 31.9 Å². The molecule has 2 aromatic carbocycles. The number of esters is 2. The van der Waals surface area contributed by atoms with Crippen LogP contribution in [0.5, 0.6) is 0 Å². The van der Waals surface area contributed by atoms with Gasteiger partial charge < -0.3 is 14.0 Å². The maximum Gasteiger partial charge on any atom is 1.00 e. The second-order valence-corrected chi connectivity index (χ2v) is 7.26. The summed E-state index contributed by atoms with van der Waals surface area (Å²) in [7, 11) is 0. The molecule has 0 amide bonds. The average Bonchev–Trinajstić information content (AvgIpc) is 2.78. The molecule has 7 nitrogen and oxygen atoms in total. The molecule has 0 aliphatic carbocycles. The predicted molar refractivity (Wildman–Crippen MR) is 119 cm³/mol. The fourth-order valence-electron chi connectivity index (χ4n) is 3.40. The first-order valence-electron chi connectivity index (χ1n) is 10.3. The standard InChI is InChI=1S/C25H22FN2O5.Na/c1-4-32-24(30)19(12-27)17-11-22-18(10-21(17)26)23(29)20(25(31)33-5-2)14-28(22)13-16-8-6-15(3)7-9-16;/h6-11,14H,4-5,13H2,1-3H3;/q-1;+1. The van der Waals surface area contributed by atoms with E-state index < -0.39 is 29.1 Å². The molecule has 0 bridgehead atoms. The summed E-state index contributed by atoms with van der Waals surface area (Å²) in [4.78, 5) is 37.6. The molecule has 170 valence electrons. The Morgan fingerprint density at radius 2 is 1.76 bits per heavy atom. The minimum absolute atomic E-state index is 0. The Balaban J connectivity index is 0.00000408. The van der Waals surface area contributed by atoms with Gasteiger partial charge in [0.25, 0.3) is 5.97 Å². The zero-order valence-corrected chi connectivity index (χ0v) is 21.5. The Kier molecular flexibility index (Phi) is 9.45. The number of carbonyl (C=O) groups is 2. The van der Waals surface area contributed by atoms with E-state index in [0.717, 1.165) is 17.2 Å². The number of aromatic nitrogens is 1. The summed E-state index contributed by atoms with van der Waals surface area (Å²) in [6, 6.07) is 11.5. The van der Waals surface area contributed by atoms with Gasteiger partial charge in [0.05, 0.1) is 13.2 Å². The maximum atomic E-state index is 15.0. The molecule has 34 heavy (non-hydrogen) atoms. The number of halogens is 1. The van der Waals surface area contributed by atoms with Crippen molar-refractivity contribution < 1.29 is 53.0 Å². The molecule has 0 atom stereocenters. The minimum Gasteiger partial charge on any atom is -0.471 e. The normalized spacial score (nSPS) is 10.2. The van der Waals surface area contributed by atoms with Gasteiger partial charge in [-0.1, -0.05) is 35.9 Å². The second kappa shape index (κ2) is 11.8. The zero-order valence-electron chi connectivity index (χ0n) is 19.5. The predicted octanol–water partition coefficient (Wildman–Crippen LogP) is 0.687. The average molecular weight is 472 g/mol. The Labute approximate surface area is 218 Å². The van der Waals surface area contributed by atoms with Crippen molar-refractivity contribution in [2.24, 2.45) is 0 Å². The monoisotopic (exact) mass is 472 g/mol. The van der Waals surface area contributed by atoms with Gasteiger partial charge in [0.2, 0.25) is 5.43 Å². The van der Waals surface area contributed by atoms with E-state index in [4.69, 9.17) is 9.47 Å². The molecule has 9 heteroatoms. The third-order valence-corrected chi connectivity index (χ3v) is 5.00. The van der Waals surface area contributed by atoms with E-state index >= 15 is 0 Å². The summed E-state index contributed by atoms with van der Waals surface area (Å²) < 4.78 is 26.4. The first-order chi connectivity index (χ1) is 15.8. The van der Waals surface area contributed by atoms with Gasteiger partial charge in [0, 0.05) is 35.9 Å². The Hall–Kier alpha value is -3.12. The van der Waals surface area contributed by atoms with Gasteiger partial charge in [-0.3, -0.25) is 14.0 Å². The van der Waals surface area contributed by atoms with Crippen LogP contribution in [0.2, 0.25) is 0 Å². The SMILES string of the molecule is CCOC(=O)c1cn(Cc2ccc(C)cc2)c2cc([C-](C#N)C(=O)OCC)c(F)cc2c1=O.[Na+]. The molecule has 0 spiro atoms. The summed E-state index contributed by atoms with van der Waals surface area (Å²) in [6.07, 6.45) is 1.35. The Morgan fingerprint density at radius 1 is 1.12 bits per heavy atom. The van der Waals surface area contributed by atoms with Crippen LogP contribution < -0.4 is 35.0 Å². The van der Waals surface area contributed by atoms with Crippen LogP contribution in [0, 0.1) is 30.0 Å². The molecular weight excluding hydrogens is 450 g/mol. The van der Waals surface area contributed by atoms with E-state index in [-0.39, 0.29) is 71.3 Å². The van der Waals surface area contributed by atoms with Gasteiger partial charge in [-0.2, -0.15) is 0 Å². The van der Waals surface area contributed by atoms with Gasteiger partial charge >= 0.3 is 35.5 Å². The summed E-state index contributed by atoms with van der Waals surface area (Å²) in [5, 5.41) is 9.38. The quantitative estimate of drug-likeness (QED) is 0.285. The zero-order chi connectivity index (χ0) is 24.1. The Bertz CT molecular complexity index is 1310.